The molecule has 0 aliphatic carbocycles. The van der Waals surface area contributed by atoms with E-state index >= 15 is 0 Å². The summed E-state index contributed by atoms with van der Waals surface area (Å²) in [6.45, 7) is 0. The lowest BCUT2D eigenvalue weighted by Gasteiger charge is -2.27. The zero-order valence-corrected chi connectivity index (χ0v) is 26.4. The topological polar surface area (TPSA) is 8.17 Å². The van der Waals surface area contributed by atoms with Crippen molar-refractivity contribution in [3.8, 4) is 27.9 Å². The summed E-state index contributed by atoms with van der Waals surface area (Å²) < 4.78 is 2.37. The van der Waals surface area contributed by atoms with E-state index in [-0.39, 0.29) is 0 Å². The Balaban J connectivity index is 1.19. The van der Waals surface area contributed by atoms with Crippen LogP contribution >= 0.6 is 0 Å². The second-order valence-electron chi connectivity index (χ2n) is 12.2. The quantitative estimate of drug-likeness (QED) is 0.181. The molecule has 0 aliphatic heterocycles. The molecule has 1 heterocycles. The molecule has 0 unspecified atom stereocenters. The van der Waals surface area contributed by atoms with Crippen molar-refractivity contribution in [1.82, 2.24) is 4.57 Å². The second kappa shape index (κ2) is 11.8. The molecule has 8 aromatic carbocycles. The van der Waals surface area contributed by atoms with Gasteiger partial charge in [0.05, 0.1) is 16.7 Å². The summed E-state index contributed by atoms with van der Waals surface area (Å²) in [4.78, 5) is 2.39. The Labute approximate surface area is 280 Å². The molecule has 0 N–H and O–H groups in total. The van der Waals surface area contributed by atoms with E-state index < -0.39 is 0 Å². The number of para-hydroxylation sites is 2. The molecular formula is C46H32N2. The first-order valence-corrected chi connectivity index (χ1v) is 16.4. The Morgan fingerprint density at radius 2 is 0.917 bits per heavy atom. The molecule has 0 amide bonds. The molecule has 0 saturated heterocycles. The molecule has 1 aromatic heterocycles. The van der Waals surface area contributed by atoms with Crippen molar-refractivity contribution in [2.24, 2.45) is 0 Å². The highest BCUT2D eigenvalue weighted by Gasteiger charge is 2.17. The van der Waals surface area contributed by atoms with E-state index in [9.17, 15) is 0 Å². The van der Waals surface area contributed by atoms with Gasteiger partial charge in [-0.25, -0.2) is 0 Å². The van der Waals surface area contributed by atoms with Gasteiger partial charge in [-0.2, -0.15) is 0 Å². The summed E-state index contributed by atoms with van der Waals surface area (Å²) in [7, 11) is 0. The van der Waals surface area contributed by atoms with Gasteiger partial charge in [-0.05, 0) is 88.3 Å². The van der Waals surface area contributed by atoms with Crippen LogP contribution in [0.3, 0.4) is 0 Å². The number of anilines is 3. The normalized spacial score (nSPS) is 11.3. The van der Waals surface area contributed by atoms with Gasteiger partial charge >= 0.3 is 0 Å². The molecule has 2 nitrogen and oxygen atoms in total. The van der Waals surface area contributed by atoms with Crippen LogP contribution in [0.1, 0.15) is 0 Å². The molecule has 9 rings (SSSR count). The first-order valence-electron chi connectivity index (χ1n) is 16.4. The molecule has 0 aliphatic rings. The van der Waals surface area contributed by atoms with Crippen molar-refractivity contribution < 1.29 is 0 Å². The first-order chi connectivity index (χ1) is 23.8. The lowest BCUT2D eigenvalue weighted by molar-refractivity contribution is 1.18. The van der Waals surface area contributed by atoms with Crippen molar-refractivity contribution in [2.75, 3.05) is 4.90 Å². The molecule has 9 aromatic rings. The van der Waals surface area contributed by atoms with E-state index in [4.69, 9.17) is 0 Å². The van der Waals surface area contributed by atoms with Crippen molar-refractivity contribution in [3.63, 3.8) is 0 Å². The van der Waals surface area contributed by atoms with E-state index in [0.717, 1.165) is 17.1 Å². The molecule has 0 fully saturated rings. The Morgan fingerprint density at radius 1 is 0.333 bits per heavy atom. The Bertz CT molecular complexity index is 2540. The monoisotopic (exact) mass is 612 g/mol. The van der Waals surface area contributed by atoms with Crippen LogP contribution in [0.25, 0.3) is 60.5 Å². The van der Waals surface area contributed by atoms with Crippen molar-refractivity contribution >= 4 is 49.6 Å². The van der Waals surface area contributed by atoms with E-state index in [1.807, 2.05) is 0 Å². The highest BCUT2D eigenvalue weighted by Crippen LogP contribution is 2.41. The van der Waals surface area contributed by atoms with Gasteiger partial charge in [-0.3, -0.25) is 0 Å². The smallest absolute Gasteiger partial charge is 0.0541 e. The summed E-state index contributed by atoms with van der Waals surface area (Å²) in [6.07, 6.45) is 0. The van der Waals surface area contributed by atoms with Crippen molar-refractivity contribution in [2.45, 2.75) is 0 Å². The van der Waals surface area contributed by atoms with E-state index in [0.29, 0.717) is 0 Å². The van der Waals surface area contributed by atoms with Crippen LogP contribution in [0, 0.1) is 0 Å². The van der Waals surface area contributed by atoms with Crippen LogP contribution in [0.4, 0.5) is 17.1 Å². The molecule has 2 heteroatoms. The fourth-order valence-electron chi connectivity index (χ4n) is 7.10. The van der Waals surface area contributed by atoms with Gasteiger partial charge in [0.25, 0.3) is 0 Å². The zero-order chi connectivity index (χ0) is 31.9. The van der Waals surface area contributed by atoms with E-state index in [1.165, 1.54) is 60.5 Å². The largest absolute Gasteiger partial charge is 0.310 e. The minimum Gasteiger partial charge on any atom is -0.310 e. The number of hydrogen-bond acceptors (Lipinski definition) is 1. The SMILES string of the molecule is c1ccc(-c2ccc(N(c3cccc(-c4ccc5c(c4)c4ccccc4n5-c4ccccc4)c3)c3cccc4ccccc34)cc2)cc1. The van der Waals surface area contributed by atoms with E-state index in [2.05, 4.69) is 204 Å². The predicted octanol–water partition coefficient (Wildman–Crippen LogP) is 12.7. The van der Waals surface area contributed by atoms with Crippen LogP contribution in [0.5, 0.6) is 0 Å². The Hall–Kier alpha value is -6.38. The summed E-state index contributed by atoms with van der Waals surface area (Å²) in [6, 6.07) is 69.9. The molecule has 226 valence electrons. The third-order valence-corrected chi connectivity index (χ3v) is 9.36. The van der Waals surface area contributed by atoms with Crippen LogP contribution in [0.15, 0.2) is 194 Å². The lowest BCUT2D eigenvalue weighted by atomic mass is 10.0. The summed E-state index contributed by atoms with van der Waals surface area (Å²) in [5.74, 6) is 0. The fourth-order valence-corrected chi connectivity index (χ4v) is 7.10. The molecule has 0 saturated carbocycles. The molecular weight excluding hydrogens is 581 g/mol. The molecule has 0 atom stereocenters. The number of rotatable bonds is 6. The first kappa shape index (κ1) is 27.9. The number of hydrogen-bond donors (Lipinski definition) is 0. The lowest BCUT2D eigenvalue weighted by Crippen LogP contribution is -2.10. The summed E-state index contributed by atoms with van der Waals surface area (Å²) in [5.41, 5.74) is 11.8. The summed E-state index contributed by atoms with van der Waals surface area (Å²) in [5, 5.41) is 4.94. The van der Waals surface area contributed by atoms with Gasteiger partial charge in [0.1, 0.15) is 0 Å². The highest BCUT2D eigenvalue weighted by atomic mass is 15.1. The third kappa shape index (κ3) is 4.83. The van der Waals surface area contributed by atoms with Gasteiger partial charge in [-0.1, -0.05) is 133 Å². The van der Waals surface area contributed by atoms with Crippen molar-refractivity contribution in [1.29, 1.82) is 0 Å². The zero-order valence-electron chi connectivity index (χ0n) is 26.4. The van der Waals surface area contributed by atoms with Gasteiger partial charge in [0.2, 0.25) is 0 Å². The Morgan fingerprint density at radius 3 is 1.75 bits per heavy atom. The molecule has 48 heavy (non-hydrogen) atoms. The third-order valence-electron chi connectivity index (χ3n) is 9.36. The molecule has 0 radical (unpaired) electrons. The summed E-state index contributed by atoms with van der Waals surface area (Å²) >= 11 is 0. The maximum Gasteiger partial charge on any atom is 0.0541 e. The van der Waals surface area contributed by atoms with Gasteiger partial charge in [-0.15, -0.1) is 0 Å². The van der Waals surface area contributed by atoms with Crippen molar-refractivity contribution in [3.05, 3.63) is 194 Å². The standard InChI is InChI=1S/C46H32N2/c1-3-13-33(14-4-1)34-25-28-39(29-26-34)47(44-24-12-16-35-15-7-8-21-41(35)44)40-20-11-17-36(31-40)37-27-30-46-43(32-37)42-22-9-10-23-45(42)48(46)38-18-5-2-6-19-38/h1-32H. The van der Waals surface area contributed by atoms with Crippen LogP contribution in [0.2, 0.25) is 0 Å². The fraction of sp³-hybridized carbons (Fsp3) is 0. The van der Waals surface area contributed by atoms with E-state index in [1.54, 1.807) is 0 Å². The average molecular weight is 613 g/mol. The number of aromatic nitrogens is 1. The number of nitrogens with zero attached hydrogens (tertiary/aromatic N) is 2. The average Bonchev–Trinajstić information content (AvgIpc) is 3.50. The molecule has 0 bridgehead atoms. The van der Waals surface area contributed by atoms with Crippen LogP contribution in [-0.2, 0) is 0 Å². The van der Waals surface area contributed by atoms with Crippen LogP contribution < -0.4 is 4.90 Å². The maximum absolute atomic E-state index is 2.39. The highest BCUT2D eigenvalue weighted by molar-refractivity contribution is 6.10. The Kier molecular flexibility index (Phi) is 6.84. The number of benzene rings is 8. The van der Waals surface area contributed by atoms with Gasteiger partial charge in [0, 0.05) is 33.2 Å². The minimum atomic E-state index is 1.11. The van der Waals surface area contributed by atoms with Gasteiger partial charge < -0.3 is 9.47 Å². The van der Waals surface area contributed by atoms with Crippen LogP contribution in [-0.4, -0.2) is 4.57 Å². The maximum atomic E-state index is 2.39. The van der Waals surface area contributed by atoms with Gasteiger partial charge in [0.15, 0.2) is 0 Å². The number of fused-ring (bicyclic) bond motifs is 4. The molecule has 0 spiro atoms. The second-order valence-corrected chi connectivity index (χ2v) is 12.2. The predicted molar refractivity (Wildman–Crippen MR) is 204 cm³/mol. The minimum absolute atomic E-state index is 1.11.